The van der Waals surface area contributed by atoms with Crippen molar-refractivity contribution in [2.45, 2.75) is 19.8 Å². The second-order valence-corrected chi connectivity index (χ2v) is 7.20. The Morgan fingerprint density at radius 2 is 2.00 bits per heavy atom. The monoisotopic (exact) mass is 364 g/mol. The summed E-state index contributed by atoms with van der Waals surface area (Å²) in [5, 5.41) is 5.99. The SMILES string of the molecule is CCOc1ccc(-c2csc(-c3cccc(NC(=O)C4CC4)c3)n2)cc1. The van der Waals surface area contributed by atoms with Gasteiger partial charge in [0.25, 0.3) is 0 Å². The molecule has 0 saturated heterocycles. The van der Waals surface area contributed by atoms with Gasteiger partial charge in [-0.05, 0) is 56.2 Å². The molecule has 0 aliphatic heterocycles. The van der Waals surface area contributed by atoms with Crippen LogP contribution in [0.5, 0.6) is 5.75 Å². The molecular weight excluding hydrogens is 344 g/mol. The van der Waals surface area contributed by atoms with E-state index < -0.39 is 0 Å². The summed E-state index contributed by atoms with van der Waals surface area (Å²) in [6.45, 7) is 2.63. The highest BCUT2D eigenvalue weighted by Crippen LogP contribution is 2.33. The lowest BCUT2D eigenvalue weighted by Gasteiger charge is -2.05. The fraction of sp³-hybridized carbons (Fsp3) is 0.238. The predicted octanol–water partition coefficient (Wildman–Crippen LogP) is 5.22. The van der Waals surface area contributed by atoms with Gasteiger partial charge >= 0.3 is 0 Å². The molecule has 26 heavy (non-hydrogen) atoms. The third-order valence-corrected chi connectivity index (χ3v) is 5.18. The van der Waals surface area contributed by atoms with Crippen LogP contribution >= 0.6 is 11.3 Å². The Hall–Kier alpha value is -2.66. The average molecular weight is 364 g/mol. The number of aromatic nitrogens is 1. The molecule has 3 aromatic rings. The maximum atomic E-state index is 12.0. The quantitative estimate of drug-likeness (QED) is 0.652. The molecule has 0 radical (unpaired) electrons. The van der Waals surface area contributed by atoms with Crippen LogP contribution in [0.25, 0.3) is 21.8 Å². The van der Waals surface area contributed by atoms with E-state index in [0.717, 1.165) is 46.1 Å². The molecule has 1 heterocycles. The number of nitrogens with zero attached hydrogens (tertiary/aromatic N) is 1. The second-order valence-electron chi connectivity index (χ2n) is 6.34. The summed E-state index contributed by atoms with van der Waals surface area (Å²) in [6, 6.07) is 15.9. The molecule has 0 bridgehead atoms. The maximum absolute atomic E-state index is 12.0. The summed E-state index contributed by atoms with van der Waals surface area (Å²) in [4.78, 5) is 16.7. The van der Waals surface area contributed by atoms with Crippen molar-refractivity contribution in [3.8, 4) is 27.6 Å². The first-order valence-electron chi connectivity index (χ1n) is 8.83. The van der Waals surface area contributed by atoms with Crippen LogP contribution in [0.2, 0.25) is 0 Å². The van der Waals surface area contributed by atoms with Crippen molar-refractivity contribution in [1.29, 1.82) is 0 Å². The number of amides is 1. The van der Waals surface area contributed by atoms with Gasteiger partial charge in [-0.2, -0.15) is 0 Å². The van der Waals surface area contributed by atoms with Gasteiger partial charge in [0.15, 0.2) is 0 Å². The summed E-state index contributed by atoms with van der Waals surface area (Å²) in [6.07, 6.45) is 2.01. The normalized spacial score (nSPS) is 13.4. The molecule has 1 aliphatic carbocycles. The van der Waals surface area contributed by atoms with Crippen molar-refractivity contribution in [2.24, 2.45) is 5.92 Å². The van der Waals surface area contributed by atoms with Crippen molar-refractivity contribution >= 4 is 22.9 Å². The number of anilines is 1. The first kappa shape index (κ1) is 16.8. The number of nitrogens with one attached hydrogen (secondary N) is 1. The second kappa shape index (κ2) is 7.30. The van der Waals surface area contributed by atoms with Crippen molar-refractivity contribution in [2.75, 3.05) is 11.9 Å². The third-order valence-electron chi connectivity index (χ3n) is 4.29. The summed E-state index contributed by atoms with van der Waals surface area (Å²) in [7, 11) is 0. The van der Waals surface area contributed by atoms with E-state index in [1.54, 1.807) is 11.3 Å². The van der Waals surface area contributed by atoms with Crippen molar-refractivity contribution < 1.29 is 9.53 Å². The number of ether oxygens (including phenoxy) is 1. The first-order chi connectivity index (χ1) is 12.7. The van der Waals surface area contributed by atoms with Gasteiger partial charge in [-0.25, -0.2) is 4.98 Å². The zero-order valence-electron chi connectivity index (χ0n) is 14.6. The van der Waals surface area contributed by atoms with Gasteiger partial charge in [0, 0.05) is 28.1 Å². The number of benzene rings is 2. The van der Waals surface area contributed by atoms with Crippen LogP contribution in [0.15, 0.2) is 53.9 Å². The topological polar surface area (TPSA) is 51.2 Å². The minimum Gasteiger partial charge on any atom is -0.494 e. The fourth-order valence-corrected chi connectivity index (χ4v) is 3.57. The molecule has 1 saturated carbocycles. The molecule has 1 N–H and O–H groups in total. The zero-order valence-corrected chi connectivity index (χ0v) is 15.4. The zero-order chi connectivity index (χ0) is 17.9. The minimum atomic E-state index is 0.122. The lowest BCUT2D eigenvalue weighted by Crippen LogP contribution is -2.13. The highest BCUT2D eigenvalue weighted by atomic mass is 32.1. The van der Waals surface area contributed by atoms with Crippen LogP contribution in [-0.2, 0) is 4.79 Å². The van der Waals surface area contributed by atoms with Gasteiger partial charge in [0.05, 0.1) is 12.3 Å². The Bertz CT molecular complexity index is 914. The number of hydrogen-bond donors (Lipinski definition) is 1. The number of carbonyl (C=O) groups excluding carboxylic acids is 1. The molecular formula is C21H20N2O2S. The van der Waals surface area contributed by atoms with E-state index in [9.17, 15) is 4.79 Å². The Balaban J connectivity index is 1.52. The Morgan fingerprint density at radius 3 is 2.73 bits per heavy atom. The summed E-state index contributed by atoms with van der Waals surface area (Å²) >= 11 is 1.60. The van der Waals surface area contributed by atoms with Gasteiger partial charge in [-0.3, -0.25) is 4.79 Å². The molecule has 1 amide bonds. The van der Waals surface area contributed by atoms with Crippen LogP contribution in [0.1, 0.15) is 19.8 Å². The fourth-order valence-electron chi connectivity index (χ4n) is 2.75. The number of rotatable bonds is 6. The van der Waals surface area contributed by atoms with Crippen molar-refractivity contribution in [3.63, 3.8) is 0 Å². The molecule has 5 heteroatoms. The van der Waals surface area contributed by atoms with Crippen molar-refractivity contribution in [1.82, 2.24) is 4.98 Å². The van der Waals surface area contributed by atoms with Crippen LogP contribution in [0.4, 0.5) is 5.69 Å². The van der Waals surface area contributed by atoms with Crippen LogP contribution in [0, 0.1) is 5.92 Å². The lowest BCUT2D eigenvalue weighted by molar-refractivity contribution is -0.117. The Kier molecular flexibility index (Phi) is 4.71. The molecule has 4 rings (SSSR count). The number of thiazole rings is 1. The van der Waals surface area contributed by atoms with Gasteiger partial charge in [0.2, 0.25) is 5.91 Å². The average Bonchev–Trinajstić information content (AvgIpc) is 3.40. The van der Waals surface area contributed by atoms with E-state index in [1.807, 2.05) is 55.5 Å². The van der Waals surface area contributed by atoms with Gasteiger partial charge in [-0.15, -0.1) is 11.3 Å². The summed E-state index contributed by atoms with van der Waals surface area (Å²) < 4.78 is 5.48. The molecule has 1 aliphatic rings. The standard InChI is InChI=1S/C21H20N2O2S/c1-2-25-18-10-8-14(9-11-18)19-13-26-21(23-19)16-4-3-5-17(12-16)22-20(24)15-6-7-15/h3-5,8-13,15H,2,6-7H2,1H3,(H,22,24). The largest absolute Gasteiger partial charge is 0.494 e. The molecule has 1 aromatic heterocycles. The van der Waals surface area contributed by atoms with Crippen LogP contribution in [-0.4, -0.2) is 17.5 Å². The van der Waals surface area contributed by atoms with Crippen LogP contribution in [0.3, 0.4) is 0 Å². The molecule has 0 spiro atoms. The number of hydrogen-bond acceptors (Lipinski definition) is 4. The Labute approximate surface area is 156 Å². The van der Waals surface area contributed by atoms with E-state index in [2.05, 4.69) is 10.7 Å². The minimum absolute atomic E-state index is 0.122. The van der Waals surface area contributed by atoms with Gasteiger partial charge < -0.3 is 10.1 Å². The highest BCUT2D eigenvalue weighted by Gasteiger charge is 2.29. The smallest absolute Gasteiger partial charge is 0.227 e. The van der Waals surface area contributed by atoms with Crippen molar-refractivity contribution in [3.05, 3.63) is 53.9 Å². The lowest BCUT2D eigenvalue weighted by atomic mass is 10.1. The van der Waals surface area contributed by atoms with E-state index in [-0.39, 0.29) is 11.8 Å². The van der Waals surface area contributed by atoms with E-state index in [0.29, 0.717) is 6.61 Å². The molecule has 0 unspecified atom stereocenters. The first-order valence-corrected chi connectivity index (χ1v) is 9.71. The van der Waals surface area contributed by atoms with E-state index in [1.165, 1.54) is 0 Å². The Morgan fingerprint density at radius 1 is 1.19 bits per heavy atom. The van der Waals surface area contributed by atoms with E-state index in [4.69, 9.17) is 9.72 Å². The third kappa shape index (κ3) is 3.78. The molecule has 1 fully saturated rings. The highest BCUT2D eigenvalue weighted by molar-refractivity contribution is 7.13. The van der Waals surface area contributed by atoms with Gasteiger partial charge in [-0.1, -0.05) is 12.1 Å². The molecule has 0 atom stereocenters. The molecule has 4 nitrogen and oxygen atoms in total. The number of carbonyl (C=O) groups is 1. The summed E-state index contributed by atoms with van der Waals surface area (Å²) in [5.41, 5.74) is 3.85. The predicted molar refractivity (Wildman–Crippen MR) is 106 cm³/mol. The van der Waals surface area contributed by atoms with Gasteiger partial charge in [0.1, 0.15) is 10.8 Å². The van der Waals surface area contributed by atoms with E-state index >= 15 is 0 Å². The molecule has 2 aromatic carbocycles. The summed E-state index contributed by atoms with van der Waals surface area (Å²) in [5.74, 6) is 1.19. The molecule has 132 valence electrons. The van der Waals surface area contributed by atoms with Crippen LogP contribution < -0.4 is 10.1 Å². The maximum Gasteiger partial charge on any atom is 0.227 e.